The zero-order chi connectivity index (χ0) is 34.4. The topological polar surface area (TPSA) is 38.7 Å². The van der Waals surface area contributed by atoms with Gasteiger partial charge in [0.05, 0.1) is 11.4 Å². The molecule has 3 nitrogen and oxygen atoms in total. The Morgan fingerprint density at radius 3 is 1.46 bits per heavy atom. The van der Waals surface area contributed by atoms with Crippen LogP contribution in [0.2, 0.25) is 0 Å². The second kappa shape index (κ2) is 12.4. The molecule has 3 heteroatoms. The number of benzene rings is 8. The minimum atomic E-state index is 0.691. The average molecular weight is 662 g/mol. The monoisotopic (exact) mass is 661 g/mol. The molecule has 0 saturated carbocycles. The summed E-state index contributed by atoms with van der Waals surface area (Å²) in [7, 11) is 0. The van der Waals surface area contributed by atoms with Crippen LogP contribution in [-0.2, 0) is 0 Å². The van der Waals surface area contributed by atoms with Crippen LogP contribution in [0.3, 0.4) is 0 Å². The molecule has 0 N–H and O–H groups in total. The standard InChI is InChI=1S/C49H31N3/c1-2-11-32(12-3-1)33-22-26-36(27-23-33)49-51-46(35-24-20-34(21-25-35)37-13-10-28-50-31-37)30-47(52-49)44-29-45-40-16-5-4-14-38(40)39-15-6-8-18-42(39)48(45)43-19-9-7-17-41(43)44/h1-31H. The SMILES string of the molecule is c1ccc(-c2ccc(-c3nc(-c4ccc(-c5cccnc5)cc4)cc(-c4cc5c6ccccc6c6ccccc6c5c5ccccc45)n3)cc2)cc1. The summed E-state index contributed by atoms with van der Waals surface area (Å²) in [5.41, 5.74) is 9.38. The third-order valence-corrected chi connectivity index (χ3v) is 10.2. The highest BCUT2D eigenvalue weighted by molar-refractivity contribution is 6.32. The van der Waals surface area contributed by atoms with Crippen molar-refractivity contribution in [2.24, 2.45) is 0 Å². The van der Waals surface area contributed by atoms with E-state index in [1.54, 1.807) is 6.20 Å². The minimum absolute atomic E-state index is 0.691. The van der Waals surface area contributed by atoms with Gasteiger partial charge < -0.3 is 0 Å². The van der Waals surface area contributed by atoms with Gasteiger partial charge in [0.1, 0.15) is 0 Å². The van der Waals surface area contributed by atoms with Crippen LogP contribution in [0.25, 0.3) is 99.2 Å². The molecule has 242 valence electrons. The lowest BCUT2D eigenvalue weighted by Crippen LogP contribution is -1.97. The first-order valence-electron chi connectivity index (χ1n) is 17.6. The first-order chi connectivity index (χ1) is 25.8. The molecule has 10 rings (SSSR count). The number of aromatic nitrogens is 3. The third kappa shape index (κ3) is 5.10. The molecule has 8 aromatic carbocycles. The smallest absolute Gasteiger partial charge is 0.160 e. The van der Waals surface area contributed by atoms with Crippen molar-refractivity contribution in [1.29, 1.82) is 0 Å². The zero-order valence-corrected chi connectivity index (χ0v) is 28.2. The Labute approximate surface area is 301 Å². The van der Waals surface area contributed by atoms with Gasteiger partial charge >= 0.3 is 0 Å². The van der Waals surface area contributed by atoms with Crippen LogP contribution < -0.4 is 0 Å². The molecule has 0 aliphatic rings. The molecule has 52 heavy (non-hydrogen) atoms. The Hall–Kier alpha value is -6.97. The molecule has 0 bridgehead atoms. The highest BCUT2D eigenvalue weighted by atomic mass is 14.9. The molecular weight excluding hydrogens is 631 g/mol. The summed E-state index contributed by atoms with van der Waals surface area (Å²) in [4.78, 5) is 14.9. The maximum absolute atomic E-state index is 5.35. The molecule has 0 atom stereocenters. The van der Waals surface area contributed by atoms with Crippen molar-refractivity contribution in [3.05, 3.63) is 188 Å². The Bertz CT molecular complexity index is 2820. The van der Waals surface area contributed by atoms with E-state index in [1.807, 2.05) is 18.3 Å². The number of pyridine rings is 1. The number of nitrogens with zero attached hydrogens (tertiary/aromatic N) is 3. The van der Waals surface area contributed by atoms with Gasteiger partial charge in [-0.3, -0.25) is 4.98 Å². The van der Waals surface area contributed by atoms with E-state index in [9.17, 15) is 0 Å². The van der Waals surface area contributed by atoms with Crippen molar-refractivity contribution in [1.82, 2.24) is 15.0 Å². The summed E-state index contributed by atoms with van der Waals surface area (Å²) in [5, 5.41) is 9.88. The van der Waals surface area contributed by atoms with Crippen LogP contribution in [0.15, 0.2) is 188 Å². The van der Waals surface area contributed by atoms with E-state index in [0.717, 1.165) is 50.2 Å². The molecule has 0 aliphatic carbocycles. The predicted molar refractivity (Wildman–Crippen MR) is 217 cm³/mol. The van der Waals surface area contributed by atoms with Crippen molar-refractivity contribution in [3.63, 3.8) is 0 Å². The number of rotatable bonds is 5. The number of hydrogen-bond acceptors (Lipinski definition) is 3. The molecule has 10 aromatic rings. The molecule has 0 saturated heterocycles. The Morgan fingerprint density at radius 2 is 0.788 bits per heavy atom. The quantitative estimate of drug-likeness (QED) is 0.172. The first-order valence-corrected chi connectivity index (χ1v) is 17.6. The van der Waals surface area contributed by atoms with Crippen molar-refractivity contribution in [3.8, 4) is 56.2 Å². The molecule has 2 aromatic heterocycles. The second-order valence-corrected chi connectivity index (χ2v) is 13.2. The van der Waals surface area contributed by atoms with E-state index in [0.29, 0.717) is 5.82 Å². The van der Waals surface area contributed by atoms with Gasteiger partial charge in [-0.25, -0.2) is 9.97 Å². The van der Waals surface area contributed by atoms with Gasteiger partial charge in [-0.2, -0.15) is 0 Å². The van der Waals surface area contributed by atoms with E-state index >= 15 is 0 Å². The summed E-state index contributed by atoms with van der Waals surface area (Å²) in [6.45, 7) is 0. The van der Waals surface area contributed by atoms with Gasteiger partial charge in [-0.15, -0.1) is 0 Å². The van der Waals surface area contributed by atoms with Gasteiger partial charge in [0.2, 0.25) is 0 Å². The molecular formula is C49H31N3. The highest BCUT2D eigenvalue weighted by Gasteiger charge is 2.18. The number of hydrogen-bond donors (Lipinski definition) is 0. The summed E-state index contributed by atoms with van der Waals surface area (Å²) in [5.74, 6) is 0.691. The number of fused-ring (bicyclic) bond motifs is 8. The van der Waals surface area contributed by atoms with Crippen LogP contribution in [0.5, 0.6) is 0 Å². The van der Waals surface area contributed by atoms with Crippen LogP contribution in [0.4, 0.5) is 0 Å². The molecule has 0 radical (unpaired) electrons. The third-order valence-electron chi connectivity index (χ3n) is 10.2. The van der Waals surface area contributed by atoms with Crippen molar-refractivity contribution >= 4 is 43.1 Å². The predicted octanol–water partition coefficient (Wildman–Crippen LogP) is 12.8. The summed E-state index contributed by atoms with van der Waals surface area (Å²) >= 11 is 0. The van der Waals surface area contributed by atoms with Gasteiger partial charge in [-0.1, -0.05) is 158 Å². The average Bonchev–Trinajstić information content (AvgIpc) is 3.24. The highest BCUT2D eigenvalue weighted by Crippen LogP contribution is 2.43. The van der Waals surface area contributed by atoms with E-state index < -0.39 is 0 Å². The van der Waals surface area contributed by atoms with E-state index in [4.69, 9.17) is 9.97 Å². The summed E-state index contributed by atoms with van der Waals surface area (Å²) < 4.78 is 0. The fourth-order valence-electron chi connectivity index (χ4n) is 7.65. The molecule has 0 spiro atoms. The Kier molecular flexibility index (Phi) is 7.14. The maximum Gasteiger partial charge on any atom is 0.160 e. The Morgan fingerprint density at radius 1 is 0.308 bits per heavy atom. The lowest BCUT2D eigenvalue weighted by Gasteiger charge is -2.17. The van der Waals surface area contributed by atoms with E-state index in [-0.39, 0.29) is 0 Å². The van der Waals surface area contributed by atoms with Crippen LogP contribution in [0, 0.1) is 0 Å². The second-order valence-electron chi connectivity index (χ2n) is 13.2. The van der Waals surface area contributed by atoms with Gasteiger partial charge in [0.25, 0.3) is 0 Å². The maximum atomic E-state index is 5.35. The normalized spacial score (nSPS) is 11.5. The first kappa shape index (κ1) is 29.9. The molecule has 0 unspecified atom stereocenters. The molecule has 0 amide bonds. The van der Waals surface area contributed by atoms with Crippen LogP contribution in [0.1, 0.15) is 0 Å². The lowest BCUT2D eigenvalue weighted by atomic mass is 9.88. The van der Waals surface area contributed by atoms with Crippen molar-refractivity contribution in [2.75, 3.05) is 0 Å². The fourth-order valence-corrected chi connectivity index (χ4v) is 7.65. The van der Waals surface area contributed by atoms with Gasteiger partial charge in [-0.05, 0) is 83.5 Å². The van der Waals surface area contributed by atoms with Crippen molar-refractivity contribution in [2.45, 2.75) is 0 Å². The van der Waals surface area contributed by atoms with Gasteiger partial charge in [0.15, 0.2) is 5.82 Å². The molecule has 0 aliphatic heterocycles. The van der Waals surface area contributed by atoms with Gasteiger partial charge in [0, 0.05) is 29.1 Å². The van der Waals surface area contributed by atoms with Crippen LogP contribution in [-0.4, -0.2) is 15.0 Å². The summed E-state index contributed by atoms with van der Waals surface area (Å²) in [6.07, 6.45) is 3.70. The zero-order valence-electron chi connectivity index (χ0n) is 28.2. The molecule has 0 fully saturated rings. The lowest BCUT2D eigenvalue weighted by molar-refractivity contribution is 1.19. The summed E-state index contributed by atoms with van der Waals surface area (Å²) in [6, 6.07) is 62.5. The van der Waals surface area contributed by atoms with Crippen molar-refractivity contribution < 1.29 is 0 Å². The largest absolute Gasteiger partial charge is 0.264 e. The van der Waals surface area contributed by atoms with E-state index in [2.05, 4.69) is 169 Å². The van der Waals surface area contributed by atoms with Crippen LogP contribution >= 0.6 is 0 Å². The Balaban J connectivity index is 1.22. The van der Waals surface area contributed by atoms with E-state index in [1.165, 1.54) is 43.3 Å². The minimum Gasteiger partial charge on any atom is -0.264 e. The fraction of sp³-hybridized carbons (Fsp3) is 0. The molecule has 2 heterocycles.